The normalized spacial score (nSPS) is 16.6. The number of benzene rings is 2. The minimum atomic E-state index is -0.308. The van der Waals surface area contributed by atoms with Gasteiger partial charge in [0, 0.05) is 32.7 Å². The highest BCUT2D eigenvalue weighted by molar-refractivity contribution is 5.80. The Kier molecular flexibility index (Phi) is 8.53. The van der Waals surface area contributed by atoms with Crippen molar-refractivity contribution in [2.24, 2.45) is 4.99 Å². The highest BCUT2D eigenvalue weighted by atomic mass is 19.1. The average molecular weight is 429 g/mol. The third kappa shape index (κ3) is 7.14. The Labute approximate surface area is 184 Å². The number of aliphatic imine (C=N–C) groups is 1. The average Bonchev–Trinajstić information content (AvgIpc) is 2.78. The number of likely N-dealkylation sites (tertiary alicyclic amines) is 1. The molecule has 3 rings (SSSR count). The maximum atomic E-state index is 13.9. The smallest absolute Gasteiger partial charge is 0.191 e. The lowest BCUT2D eigenvalue weighted by atomic mass is 10.0. The van der Waals surface area contributed by atoms with Crippen molar-refractivity contribution in [1.82, 2.24) is 15.5 Å². The van der Waals surface area contributed by atoms with Gasteiger partial charge in [-0.2, -0.15) is 0 Å². The first-order valence-electron chi connectivity index (χ1n) is 10.8. The molecule has 1 saturated heterocycles. The van der Waals surface area contributed by atoms with Gasteiger partial charge < -0.3 is 20.1 Å². The van der Waals surface area contributed by atoms with Gasteiger partial charge in [0.25, 0.3) is 0 Å². The molecule has 0 radical (unpaired) electrons. The molecule has 0 bridgehead atoms. The summed E-state index contributed by atoms with van der Waals surface area (Å²) in [6, 6.07) is 15.4. The fraction of sp³-hybridized carbons (Fsp3) is 0.458. The van der Waals surface area contributed by atoms with Crippen LogP contribution in [0.15, 0.2) is 53.5 Å². The second-order valence-electron chi connectivity index (χ2n) is 7.86. The van der Waals surface area contributed by atoms with Gasteiger partial charge in [0.05, 0.1) is 13.7 Å². The lowest BCUT2D eigenvalue weighted by Crippen LogP contribution is -2.49. The van der Waals surface area contributed by atoms with Crippen LogP contribution in [0.2, 0.25) is 0 Å². The molecular weight excluding hydrogens is 395 g/mol. The van der Waals surface area contributed by atoms with E-state index in [1.165, 1.54) is 7.11 Å². The van der Waals surface area contributed by atoms with Crippen LogP contribution in [0.25, 0.3) is 0 Å². The zero-order valence-corrected chi connectivity index (χ0v) is 18.6. The van der Waals surface area contributed by atoms with Crippen LogP contribution < -0.4 is 20.1 Å². The molecule has 0 amide bonds. The number of methoxy groups -OCH3 is 1. The predicted molar refractivity (Wildman–Crippen MR) is 122 cm³/mol. The standard InChI is InChI=1S/C24H33FN4O2/c1-18(31-21-7-5-4-6-8-21)16-27-24(26-2)28-20-11-13-29(14-12-20)17-19-9-10-23(30-3)22(25)15-19/h4-10,15,18,20H,11-14,16-17H2,1-3H3,(H2,26,27,28). The lowest BCUT2D eigenvalue weighted by Gasteiger charge is -2.33. The van der Waals surface area contributed by atoms with Gasteiger partial charge in [0.1, 0.15) is 11.9 Å². The van der Waals surface area contributed by atoms with Crippen LogP contribution in [0, 0.1) is 5.82 Å². The number of hydrogen-bond donors (Lipinski definition) is 2. The molecule has 168 valence electrons. The number of para-hydroxylation sites is 1. The Bertz CT molecular complexity index is 839. The molecule has 2 aromatic rings. The van der Waals surface area contributed by atoms with Crippen molar-refractivity contribution < 1.29 is 13.9 Å². The maximum absolute atomic E-state index is 13.9. The molecule has 1 aliphatic heterocycles. The van der Waals surface area contributed by atoms with Crippen molar-refractivity contribution in [2.45, 2.75) is 38.5 Å². The van der Waals surface area contributed by atoms with Crippen LogP contribution in [-0.2, 0) is 6.54 Å². The molecule has 0 saturated carbocycles. The number of nitrogens with one attached hydrogen (secondary N) is 2. The number of halogens is 1. The summed E-state index contributed by atoms with van der Waals surface area (Å²) in [5.74, 6) is 1.63. The van der Waals surface area contributed by atoms with Crippen molar-refractivity contribution in [3.05, 3.63) is 59.9 Å². The van der Waals surface area contributed by atoms with Crippen molar-refractivity contribution in [3.8, 4) is 11.5 Å². The van der Waals surface area contributed by atoms with E-state index in [2.05, 4.69) is 20.5 Å². The van der Waals surface area contributed by atoms with E-state index in [9.17, 15) is 4.39 Å². The molecule has 0 spiro atoms. The zero-order chi connectivity index (χ0) is 22.1. The number of ether oxygens (including phenoxy) is 2. The topological polar surface area (TPSA) is 58.1 Å². The quantitative estimate of drug-likeness (QED) is 0.498. The number of guanidine groups is 1. The molecule has 1 fully saturated rings. The largest absolute Gasteiger partial charge is 0.494 e. The molecule has 7 heteroatoms. The summed E-state index contributed by atoms with van der Waals surface area (Å²) in [5, 5.41) is 6.87. The number of piperidine rings is 1. The van der Waals surface area contributed by atoms with Crippen LogP contribution in [0.3, 0.4) is 0 Å². The molecular formula is C24H33FN4O2. The second-order valence-corrected chi connectivity index (χ2v) is 7.86. The third-order valence-corrected chi connectivity index (χ3v) is 5.41. The van der Waals surface area contributed by atoms with Crippen molar-refractivity contribution in [1.29, 1.82) is 0 Å². The van der Waals surface area contributed by atoms with Crippen LogP contribution in [0.4, 0.5) is 4.39 Å². The maximum Gasteiger partial charge on any atom is 0.191 e. The van der Waals surface area contributed by atoms with Crippen molar-refractivity contribution in [3.63, 3.8) is 0 Å². The van der Waals surface area contributed by atoms with Gasteiger partial charge in [0.2, 0.25) is 0 Å². The number of hydrogen-bond acceptors (Lipinski definition) is 4. The lowest BCUT2D eigenvalue weighted by molar-refractivity contribution is 0.197. The van der Waals surface area contributed by atoms with Crippen LogP contribution in [0.5, 0.6) is 11.5 Å². The molecule has 6 nitrogen and oxygen atoms in total. The Morgan fingerprint density at radius 1 is 1.19 bits per heavy atom. The summed E-state index contributed by atoms with van der Waals surface area (Å²) < 4.78 is 24.8. The first-order valence-corrected chi connectivity index (χ1v) is 10.8. The van der Waals surface area contributed by atoms with Gasteiger partial charge >= 0.3 is 0 Å². The molecule has 2 N–H and O–H groups in total. The molecule has 1 unspecified atom stereocenters. The molecule has 31 heavy (non-hydrogen) atoms. The zero-order valence-electron chi connectivity index (χ0n) is 18.6. The highest BCUT2D eigenvalue weighted by Crippen LogP contribution is 2.20. The molecule has 0 aliphatic carbocycles. The van der Waals surface area contributed by atoms with Gasteiger partial charge in [-0.25, -0.2) is 4.39 Å². The first-order chi connectivity index (χ1) is 15.1. The van der Waals surface area contributed by atoms with Crippen molar-refractivity contribution >= 4 is 5.96 Å². The number of rotatable bonds is 8. The van der Waals surface area contributed by atoms with E-state index in [-0.39, 0.29) is 17.7 Å². The van der Waals surface area contributed by atoms with Crippen molar-refractivity contribution in [2.75, 3.05) is 33.8 Å². The van der Waals surface area contributed by atoms with E-state index >= 15 is 0 Å². The Balaban J connectivity index is 1.39. The molecule has 1 atom stereocenters. The summed E-state index contributed by atoms with van der Waals surface area (Å²) in [4.78, 5) is 6.70. The summed E-state index contributed by atoms with van der Waals surface area (Å²) in [7, 11) is 3.26. The fourth-order valence-corrected chi connectivity index (χ4v) is 3.70. The van der Waals surface area contributed by atoms with Gasteiger partial charge in [-0.3, -0.25) is 9.89 Å². The minimum Gasteiger partial charge on any atom is -0.494 e. The molecule has 1 heterocycles. The van der Waals surface area contributed by atoms with E-state index < -0.39 is 0 Å². The third-order valence-electron chi connectivity index (χ3n) is 5.41. The molecule has 0 aromatic heterocycles. The summed E-state index contributed by atoms with van der Waals surface area (Å²) in [6.07, 6.45) is 2.04. The van der Waals surface area contributed by atoms with Crippen LogP contribution in [0.1, 0.15) is 25.3 Å². The number of nitrogens with zero attached hydrogens (tertiary/aromatic N) is 2. The predicted octanol–water partition coefficient (Wildman–Crippen LogP) is 3.43. The molecule has 2 aromatic carbocycles. The highest BCUT2D eigenvalue weighted by Gasteiger charge is 2.20. The van der Waals surface area contributed by atoms with Gasteiger partial charge in [-0.1, -0.05) is 24.3 Å². The monoisotopic (exact) mass is 428 g/mol. The SMILES string of the molecule is CN=C(NCC(C)Oc1ccccc1)NC1CCN(Cc2ccc(OC)c(F)c2)CC1. The Morgan fingerprint density at radius 2 is 1.94 bits per heavy atom. The second kappa shape index (κ2) is 11.6. The summed E-state index contributed by atoms with van der Waals surface area (Å²) >= 11 is 0. The van der Waals surface area contributed by atoms with E-state index in [0.717, 1.165) is 49.7 Å². The Hall–Kier alpha value is -2.80. The molecule has 1 aliphatic rings. The minimum absolute atomic E-state index is 0.0210. The summed E-state index contributed by atoms with van der Waals surface area (Å²) in [6.45, 7) is 5.35. The van der Waals surface area contributed by atoms with Crippen LogP contribution >= 0.6 is 0 Å². The first kappa shape index (κ1) is 22.9. The van der Waals surface area contributed by atoms with E-state index in [4.69, 9.17) is 9.47 Å². The Morgan fingerprint density at radius 3 is 2.58 bits per heavy atom. The van der Waals surface area contributed by atoms with E-state index in [1.54, 1.807) is 19.2 Å². The van der Waals surface area contributed by atoms with Crippen LogP contribution in [-0.4, -0.2) is 56.8 Å². The fourth-order valence-electron chi connectivity index (χ4n) is 3.70. The van der Waals surface area contributed by atoms with E-state index in [0.29, 0.717) is 12.6 Å². The van der Waals surface area contributed by atoms with Gasteiger partial charge in [-0.15, -0.1) is 0 Å². The van der Waals surface area contributed by atoms with E-state index in [1.807, 2.05) is 43.3 Å². The van der Waals surface area contributed by atoms with Gasteiger partial charge in [0.15, 0.2) is 17.5 Å². The summed E-state index contributed by atoms with van der Waals surface area (Å²) in [5.41, 5.74) is 0.967. The van der Waals surface area contributed by atoms with Gasteiger partial charge in [-0.05, 0) is 49.6 Å².